The molecular formula is C11H16O4. The molecular weight excluding hydrogens is 196 g/mol. The molecule has 0 bridgehead atoms. The van der Waals surface area contributed by atoms with Crippen LogP contribution in [0.2, 0.25) is 0 Å². The van der Waals surface area contributed by atoms with E-state index < -0.39 is 17.2 Å². The van der Waals surface area contributed by atoms with E-state index in [4.69, 9.17) is 0 Å². The number of phenols is 4. The molecule has 0 fully saturated rings. The summed E-state index contributed by atoms with van der Waals surface area (Å²) in [7, 11) is 0. The molecule has 0 spiro atoms. The third-order valence-corrected chi connectivity index (χ3v) is 2.77. The lowest BCUT2D eigenvalue weighted by molar-refractivity contribution is 0.350. The van der Waals surface area contributed by atoms with Gasteiger partial charge in [-0.25, -0.2) is 0 Å². The molecule has 0 amide bonds. The first-order valence-electron chi connectivity index (χ1n) is 4.88. The van der Waals surface area contributed by atoms with Gasteiger partial charge in [0.15, 0.2) is 11.5 Å². The molecule has 0 aliphatic rings. The molecule has 0 saturated heterocycles. The average molecular weight is 212 g/mol. The van der Waals surface area contributed by atoms with E-state index in [0.29, 0.717) is 6.42 Å². The summed E-state index contributed by atoms with van der Waals surface area (Å²) in [5.74, 6) is -1.73. The second-order valence-corrected chi connectivity index (χ2v) is 3.74. The van der Waals surface area contributed by atoms with Gasteiger partial charge in [-0.1, -0.05) is 13.8 Å². The van der Waals surface area contributed by atoms with E-state index >= 15 is 0 Å². The van der Waals surface area contributed by atoms with Crippen molar-refractivity contribution in [1.82, 2.24) is 0 Å². The third-order valence-electron chi connectivity index (χ3n) is 2.77. The number of aromatic hydroxyl groups is 4. The Morgan fingerprint density at radius 1 is 0.933 bits per heavy atom. The van der Waals surface area contributed by atoms with Crippen molar-refractivity contribution in [3.63, 3.8) is 0 Å². The highest BCUT2D eigenvalue weighted by Crippen LogP contribution is 2.49. The van der Waals surface area contributed by atoms with Crippen molar-refractivity contribution in [2.45, 2.75) is 33.1 Å². The van der Waals surface area contributed by atoms with E-state index in [-0.39, 0.29) is 22.8 Å². The fourth-order valence-corrected chi connectivity index (χ4v) is 1.51. The Morgan fingerprint density at radius 2 is 1.47 bits per heavy atom. The summed E-state index contributed by atoms with van der Waals surface area (Å²) in [6.07, 6.45) is 0.713. The molecule has 1 rings (SSSR count). The van der Waals surface area contributed by atoms with Crippen molar-refractivity contribution in [3.8, 4) is 23.0 Å². The Bertz CT molecular complexity index is 356. The molecule has 4 N–H and O–H groups in total. The predicted octanol–water partition coefficient (Wildman–Crippen LogP) is 2.33. The second-order valence-electron chi connectivity index (χ2n) is 3.74. The van der Waals surface area contributed by atoms with Crippen molar-refractivity contribution in [1.29, 1.82) is 0 Å². The highest BCUT2D eigenvalue weighted by molar-refractivity contribution is 5.64. The van der Waals surface area contributed by atoms with Gasteiger partial charge < -0.3 is 20.4 Å². The molecule has 1 aromatic carbocycles. The van der Waals surface area contributed by atoms with Crippen molar-refractivity contribution in [2.75, 3.05) is 0 Å². The van der Waals surface area contributed by atoms with Gasteiger partial charge in [-0.05, 0) is 19.3 Å². The van der Waals surface area contributed by atoms with Gasteiger partial charge in [-0.3, -0.25) is 0 Å². The molecule has 0 heterocycles. The smallest absolute Gasteiger partial charge is 0.201 e. The van der Waals surface area contributed by atoms with Crippen LogP contribution in [0.3, 0.4) is 0 Å². The molecule has 15 heavy (non-hydrogen) atoms. The first-order chi connectivity index (χ1) is 6.91. The van der Waals surface area contributed by atoms with Crippen molar-refractivity contribution < 1.29 is 20.4 Å². The maximum absolute atomic E-state index is 9.75. The molecule has 1 atom stereocenters. The summed E-state index contributed by atoms with van der Waals surface area (Å²) in [5, 5.41) is 38.2. The van der Waals surface area contributed by atoms with E-state index in [9.17, 15) is 20.4 Å². The normalized spacial score (nSPS) is 12.7. The number of phenolic OH excluding ortho intramolecular Hbond substituents is 4. The largest absolute Gasteiger partial charge is 0.507 e. The molecule has 0 saturated carbocycles. The van der Waals surface area contributed by atoms with Gasteiger partial charge in [0.25, 0.3) is 0 Å². The monoisotopic (exact) mass is 212 g/mol. The minimum absolute atomic E-state index is 0.0878. The standard InChI is InChI=1S/C11H16O4/c1-4-5(2)7-8(12)6(3)9(13)11(15)10(7)14/h5,12-15H,4H2,1-3H3. The molecule has 0 radical (unpaired) electrons. The van der Waals surface area contributed by atoms with Crippen molar-refractivity contribution in [2.24, 2.45) is 0 Å². The Morgan fingerprint density at radius 3 is 1.93 bits per heavy atom. The lowest BCUT2D eigenvalue weighted by Gasteiger charge is -2.17. The molecule has 4 nitrogen and oxygen atoms in total. The number of hydrogen-bond donors (Lipinski definition) is 4. The number of hydrogen-bond acceptors (Lipinski definition) is 4. The minimum Gasteiger partial charge on any atom is -0.507 e. The minimum atomic E-state index is -0.569. The Kier molecular flexibility index (Phi) is 2.98. The lowest BCUT2D eigenvalue weighted by atomic mass is 9.93. The summed E-state index contributed by atoms with van der Waals surface area (Å²) in [6.45, 7) is 5.21. The van der Waals surface area contributed by atoms with Gasteiger partial charge in [0, 0.05) is 11.1 Å². The van der Waals surface area contributed by atoms with Gasteiger partial charge in [0.05, 0.1) is 0 Å². The van der Waals surface area contributed by atoms with E-state index in [1.807, 2.05) is 13.8 Å². The SMILES string of the molecule is CCC(C)c1c(O)c(C)c(O)c(O)c1O. The Labute approximate surface area is 88.4 Å². The van der Waals surface area contributed by atoms with Crippen LogP contribution in [0.25, 0.3) is 0 Å². The zero-order chi connectivity index (χ0) is 11.7. The van der Waals surface area contributed by atoms with Gasteiger partial charge in [-0.15, -0.1) is 0 Å². The van der Waals surface area contributed by atoms with Crippen LogP contribution in [0.1, 0.15) is 37.3 Å². The van der Waals surface area contributed by atoms with Crippen LogP contribution in [0.15, 0.2) is 0 Å². The molecule has 4 heteroatoms. The van der Waals surface area contributed by atoms with Crippen LogP contribution in [-0.4, -0.2) is 20.4 Å². The number of benzene rings is 1. The van der Waals surface area contributed by atoms with Crippen molar-refractivity contribution >= 4 is 0 Å². The summed E-state index contributed by atoms with van der Waals surface area (Å²) >= 11 is 0. The van der Waals surface area contributed by atoms with Crippen LogP contribution in [-0.2, 0) is 0 Å². The maximum atomic E-state index is 9.75. The topological polar surface area (TPSA) is 80.9 Å². The zero-order valence-electron chi connectivity index (χ0n) is 9.07. The maximum Gasteiger partial charge on any atom is 0.201 e. The second kappa shape index (κ2) is 3.88. The van der Waals surface area contributed by atoms with Crippen LogP contribution < -0.4 is 0 Å². The average Bonchev–Trinajstić information content (AvgIpc) is 2.23. The van der Waals surface area contributed by atoms with Crippen molar-refractivity contribution in [3.05, 3.63) is 11.1 Å². The summed E-state index contributed by atoms with van der Waals surface area (Å²) in [4.78, 5) is 0. The van der Waals surface area contributed by atoms with Gasteiger partial charge in [0.1, 0.15) is 5.75 Å². The number of rotatable bonds is 2. The van der Waals surface area contributed by atoms with E-state index in [0.717, 1.165) is 0 Å². The first-order valence-corrected chi connectivity index (χ1v) is 4.88. The van der Waals surface area contributed by atoms with Crippen LogP contribution in [0, 0.1) is 6.92 Å². The summed E-state index contributed by atoms with van der Waals surface area (Å²) in [5.41, 5.74) is 0.464. The molecule has 0 aliphatic carbocycles. The lowest BCUT2D eigenvalue weighted by Crippen LogP contribution is -1.95. The van der Waals surface area contributed by atoms with Crippen LogP contribution in [0.5, 0.6) is 23.0 Å². The predicted molar refractivity (Wildman–Crippen MR) is 56.5 cm³/mol. The molecule has 1 aromatic rings. The molecule has 1 unspecified atom stereocenters. The third kappa shape index (κ3) is 1.67. The van der Waals surface area contributed by atoms with Crippen LogP contribution >= 0.6 is 0 Å². The van der Waals surface area contributed by atoms with Gasteiger partial charge in [-0.2, -0.15) is 0 Å². The van der Waals surface area contributed by atoms with E-state index in [1.54, 1.807) is 0 Å². The highest BCUT2D eigenvalue weighted by Gasteiger charge is 2.23. The first kappa shape index (κ1) is 11.5. The Hall–Kier alpha value is -1.58. The van der Waals surface area contributed by atoms with Gasteiger partial charge in [0.2, 0.25) is 5.75 Å². The van der Waals surface area contributed by atoms with E-state index in [2.05, 4.69) is 0 Å². The fraction of sp³-hybridized carbons (Fsp3) is 0.455. The van der Waals surface area contributed by atoms with Gasteiger partial charge >= 0.3 is 0 Å². The van der Waals surface area contributed by atoms with E-state index in [1.165, 1.54) is 6.92 Å². The molecule has 0 aliphatic heterocycles. The summed E-state index contributed by atoms with van der Waals surface area (Å²) in [6, 6.07) is 0. The molecule has 0 aromatic heterocycles. The zero-order valence-corrected chi connectivity index (χ0v) is 9.07. The van der Waals surface area contributed by atoms with Crippen LogP contribution in [0.4, 0.5) is 0 Å². The molecule has 84 valence electrons. The fourth-order valence-electron chi connectivity index (χ4n) is 1.51. The quantitative estimate of drug-likeness (QED) is 0.448. The Balaban J connectivity index is 3.52. The summed E-state index contributed by atoms with van der Waals surface area (Å²) < 4.78 is 0. The highest BCUT2D eigenvalue weighted by atomic mass is 16.3.